The molecule has 1 saturated heterocycles. The van der Waals surface area contributed by atoms with E-state index in [1.807, 2.05) is 12.3 Å². The number of piperazine rings is 1. The average Bonchev–Trinajstić information content (AvgIpc) is 2.87. The van der Waals surface area contributed by atoms with E-state index < -0.39 is 0 Å². The number of halogens is 1. The zero-order chi connectivity index (χ0) is 18.5. The van der Waals surface area contributed by atoms with Gasteiger partial charge in [-0.2, -0.15) is 0 Å². The molecule has 2 aliphatic rings. The molecule has 2 aliphatic heterocycles. The van der Waals surface area contributed by atoms with Gasteiger partial charge in [-0.15, -0.1) is 0 Å². The molecule has 1 aromatic heterocycles. The fourth-order valence-corrected chi connectivity index (χ4v) is 3.90. The van der Waals surface area contributed by atoms with Crippen molar-refractivity contribution >= 4 is 26.2 Å². The van der Waals surface area contributed by atoms with Gasteiger partial charge in [-0.3, -0.25) is 15.3 Å². The highest BCUT2D eigenvalue weighted by atomic mass is 79.9. The number of anilines is 1. The number of nitrogens with zero attached hydrogens (tertiary/aromatic N) is 3. The summed E-state index contributed by atoms with van der Waals surface area (Å²) in [4.78, 5) is 9.47. The first-order valence-electron chi connectivity index (χ1n) is 9.24. The predicted octanol–water partition coefficient (Wildman–Crippen LogP) is 3.24. The van der Waals surface area contributed by atoms with Crippen LogP contribution in [0.15, 0.2) is 29.6 Å². The Balaban J connectivity index is 1.75. The van der Waals surface area contributed by atoms with Gasteiger partial charge in [0.1, 0.15) is 4.62 Å². The van der Waals surface area contributed by atoms with E-state index in [1.165, 1.54) is 0 Å². The van der Waals surface area contributed by atoms with Crippen molar-refractivity contribution in [1.82, 2.24) is 14.8 Å². The van der Waals surface area contributed by atoms with Crippen LogP contribution in [-0.2, 0) is 4.74 Å². The fraction of sp³-hybridized carbons (Fsp3) is 0.579. The predicted molar refractivity (Wildman–Crippen MR) is 109 cm³/mol. The Hall–Kier alpha value is -1.28. The van der Waals surface area contributed by atoms with Gasteiger partial charge in [0.2, 0.25) is 0 Å². The molecule has 7 heteroatoms. The lowest BCUT2D eigenvalue weighted by Gasteiger charge is -2.36. The van der Waals surface area contributed by atoms with Crippen LogP contribution in [0.4, 0.5) is 5.69 Å². The molecule has 1 aromatic rings. The van der Waals surface area contributed by atoms with Gasteiger partial charge in [-0.1, -0.05) is 0 Å². The Kier molecular flexibility index (Phi) is 6.80. The van der Waals surface area contributed by atoms with Gasteiger partial charge in [0.15, 0.2) is 0 Å². The Morgan fingerprint density at radius 3 is 2.73 bits per heavy atom. The smallest absolute Gasteiger partial charge is 0.102 e. The molecule has 3 rings (SSSR count). The highest BCUT2D eigenvalue weighted by Gasteiger charge is 2.21. The molecule has 2 N–H and O–H groups in total. The van der Waals surface area contributed by atoms with E-state index in [0.717, 1.165) is 61.7 Å². The Morgan fingerprint density at radius 1 is 1.27 bits per heavy atom. The minimum Gasteiger partial charge on any atom is -0.381 e. The molecular formula is C19H28BrN5O. The summed E-state index contributed by atoms with van der Waals surface area (Å²) in [5, 5.41) is 11.5. The van der Waals surface area contributed by atoms with Gasteiger partial charge in [-0.25, -0.2) is 0 Å². The zero-order valence-electron chi connectivity index (χ0n) is 15.6. The van der Waals surface area contributed by atoms with E-state index in [0.29, 0.717) is 23.9 Å². The maximum atomic E-state index is 7.98. The van der Waals surface area contributed by atoms with E-state index in [4.69, 9.17) is 10.1 Å². The van der Waals surface area contributed by atoms with Crippen LogP contribution >= 0.6 is 15.9 Å². The topological polar surface area (TPSA) is 64.5 Å². The minimum absolute atomic E-state index is 0.297. The van der Waals surface area contributed by atoms with Crippen molar-refractivity contribution in [3.63, 3.8) is 0 Å². The molecule has 0 saturated carbocycles. The van der Waals surface area contributed by atoms with Crippen LogP contribution in [-0.4, -0.2) is 65.8 Å². The number of aromatic nitrogens is 1. The summed E-state index contributed by atoms with van der Waals surface area (Å²) >= 11 is 3.33. The number of hydrogen-bond donors (Lipinski definition) is 2. The second kappa shape index (κ2) is 9.08. The molecule has 0 bridgehead atoms. The van der Waals surface area contributed by atoms with Gasteiger partial charge < -0.3 is 15.0 Å². The minimum atomic E-state index is 0.297. The number of nitrogens with one attached hydrogen (secondary N) is 2. The lowest BCUT2D eigenvalue weighted by molar-refractivity contribution is 0.117. The molecule has 0 aromatic carbocycles. The van der Waals surface area contributed by atoms with Gasteiger partial charge in [0.05, 0.1) is 18.9 Å². The first kappa shape index (κ1) is 19.5. The third-order valence-electron chi connectivity index (χ3n) is 5.21. The van der Waals surface area contributed by atoms with E-state index in [9.17, 15) is 0 Å². The average molecular weight is 422 g/mol. The van der Waals surface area contributed by atoms with Gasteiger partial charge in [-0.05, 0) is 42.0 Å². The second-order valence-electron chi connectivity index (χ2n) is 6.99. The van der Waals surface area contributed by atoms with Crippen LogP contribution in [0.1, 0.15) is 31.5 Å². The first-order chi connectivity index (χ1) is 12.5. The molecule has 0 spiro atoms. The third kappa shape index (κ3) is 4.91. The molecule has 142 valence electrons. The van der Waals surface area contributed by atoms with Crippen LogP contribution in [0.2, 0.25) is 0 Å². The number of rotatable bonds is 5. The molecule has 26 heavy (non-hydrogen) atoms. The molecule has 0 aliphatic carbocycles. The Labute approximate surface area is 164 Å². The molecule has 6 nitrogen and oxygen atoms in total. The molecule has 0 amide bonds. The second-order valence-corrected chi connectivity index (χ2v) is 7.79. The number of likely N-dealkylation sites (N-methyl/N-ethyl adjacent to an activating group) is 1. The van der Waals surface area contributed by atoms with E-state index in [-0.39, 0.29) is 0 Å². The summed E-state index contributed by atoms with van der Waals surface area (Å²) in [5.41, 5.74) is 4.17. The number of hydrogen-bond acceptors (Lipinski definition) is 6. The highest BCUT2D eigenvalue weighted by Crippen LogP contribution is 2.25. The fourth-order valence-electron chi connectivity index (χ4n) is 3.46. The quantitative estimate of drug-likeness (QED) is 0.714. The largest absolute Gasteiger partial charge is 0.381 e. The van der Waals surface area contributed by atoms with E-state index >= 15 is 0 Å². The van der Waals surface area contributed by atoms with Crippen molar-refractivity contribution < 1.29 is 4.74 Å². The van der Waals surface area contributed by atoms with Crippen molar-refractivity contribution in [2.24, 2.45) is 0 Å². The zero-order valence-corrected chi connectivity index (χ0v) is 17.2. The van der Waals surface area contributed by atoms with Crippen molar-refractivity contribution in [1.29, 1.82) is 5.41 Å². The van der Waals surface area contributed by atoms with Crippen molar-refractivity contribution in [3.8, 4) is 0 Å². The van der Waals surface area contributed by atoms with Crippen molar-refractivity contribution in [2.75, 3.05) is 51.8 Å². The third-order valence-corrected chi connectivity index (χ3v) is 5.69. The normalized spacial score (nSPS) is 21.3. The van der Waals surface area contributed by atoms with Gasteiger partial charge in [0.25, 0.3) is 0 Å². The maximum absolute atomic E-state index is 7.98. The summed E-state index contributed by atoms with van der Waals surface area (Å²) in [5.74, 6) is 0. The summed E-state index contributed by atoms with van der Waals surface area (Å²) in [7, 11) is 2.17. The first-order valence-corrected chi connectivity index (χ1v) is 10.0. The highest BCUT2D eigenvalue weighted by molar-refractivity contribution is 9.18. The summed E-state index contributed by atoms with van der Waals surface area (Å²) in [6, 6.07) is 4.43. The molecule has 3 heterocycles. The van der Waals surface area contributed by atoms with Crippen LogP contribution in [0.25, 0.3) is 0 Å². The summed E-state index contributed by atoms with van der Waals surface area (Å²) in [6.07, 6.45) is 3.41. The maximum Gasteiger partial charge on any atom is 0.102 e. The number of ether oxygens (including phenoxy) is 1. The molecule has 0 radical (unpaired) electrons. The van der Waals surface area contributed by atoms with Crippen LogP contribution in [0.3, 0.4) is 0 Å². The Bertz CT molecular complexity index is 670. The SMILES string of the molecule is CC(c1cc(NC2=C(C(=N)Br)CCOCC2)ccn1)N1CCN(C)CC1. The lowest BCUT2D eigenvalue weighted by Crippen LogP contribution is -2.45. The lowest BCUT2D eigenvalue weighted by atomic mass is 10.1. The molecular weight excluding hydrogens is 394 g/mol. The van der Waals surface area contributed by atoms with Gasteiger partial charge >= 0.3 is 0 Å². The molecule has 1 atom stereocenters. The Morgan fingerprint density at radius 2 is 2.00 bits per heavy atom. The van der Waals surface area contributed by atoms with E-state index in [2.05, 4.69) is 56.1 Å². The van der Waals surface area contributed by atoms with Crippen LogP contribution < -0.4 is 5.32 Å². The monoisotopic (exact) mass is 421 g/mol. The summed E-state index contributed by atoms with van der Waals surface area (Å²) in [6.45, 7) is 7.93. The van der Waals surface area contributed by atoms with Gasteiger partial charge in [0, 0.05) is 68.2 Å². The van der Waals surface area contributed by atoms with Crippen molar-refractivity contribution in [3.05, 3.63) is 35.3 Å². The van der Waals surface area contributed by atoms with E-state index in [1.54, 1.807) is 0 Å². The van der Waals surface area contributed by atoms with Crippen molar-refractivity contribution in [2.45, 2.75) is 25.8 Å². The molecule has 1 unspecified atom stereocenters. The number of pyridine rings is 1. The summed E-state index contributed by atoms with van der Waals surface area (Å²) < 4.78 is 6.01. The van der Waals surface area contributed by atoms with Crippen LogP contribution in [0.5, 0.6) is 0 Å². The molecule has 1 fully saturated rings. The standard InChI is InChI=1S/C19H28BrN5O/c1-14(25-9-7-24(2)8-10-25)18-13-15(3-6-22-18)23-17-5-12-26-11-4-16(17)19(20)21/h3,6,13-14,21H,4-5,7-12H2,1-2H3,(H,22,23). The van der Waals surface area contributed by atoms with Crippen LogP contribution in [0, 0.1) is 5.41 Å².